The minimum atomic E-state index is 0.378. The van der Waals surface area contributed by atoms with Crippen LogP contribution in [0.15, 0.2) is 4.99 Å². The third-order valence-electron chi connectivity index (χ3n) is 3.28. The molecule has 1 saturated heterocycles. The minimum Gasteiger partial charge on any atom is -0.365 e. The lowest BCUT2D eigenvalue weighted by Crippen LogP contribution is -2.34. The summed E-state index contributed by atoms with van der Waals surface area (Å²) in [7, 11) is 2.20. The number of rotatable bonds is 2. The summed E-state index contributed by atoms with van der Waals surface area (Å²) < 4.78 is 0. The molecule has 0 aromatic heterocycles. The van der Waals surface area contributed by atoms with Crippen molar-refractivity contribution in [3.8, 4) is 0 Å². The number of nitrogens with one attached hydrogen (secondary N) is 1. The van der Waals surface area contributed by atoms with Crippen molar-refractivity contribution < 1.29 is 0 Å². The zero-order chi connectivity index (χ0) is 11.6. The van der Waals surface area contributed by atoms with Gasteiger partial charge in [0.05, 0.1) is 0 Å². The van der Waals surface area contributed by atoms with E-state index in [9.17, 15) is 0 Å². The zero-order valence-electron chi connectivity index (χ0n) is 10.6. The number of aliphatic imine (C=N–C) groups is 1. The monoisotopic (exact) mass is 241 g/mol. The molecule has 0 aromatic carbocycles. The van der Waals surface area contributed by atoms with Crippen molar-refractivity contribution in [3.63, 3.8) is 0 Å². The predicted molar refractivity (Wildman–Crippen MR) is 72.1 cm³/mol. The Balaban J connectivity index is 1.73. The summed E-state index contributed by atoms with van der Waals surface area (Å²) in [6.07, 6.45) is 1.33. The second-order valence-electron chi connectivity index (χ2n) is 5.87. The van der Waals surface area contributed by atoms with Crippen molar-refractivity contribution in [1.82, 2.24) is 10.2 Å². The van der Waals surface area contributed by atoms with E-state index in [1.165, 1.54) is 25.3 Å². The Morgan fingerprint density at radius 1 is 1.56 bits per heavy atom. The van der Waals surface area contributed by atoms with Crippen molar-refractivity contribution in [2.45, 2.75) is 20.3 Å². The van der Waals surface area contributed by atoms with Crippen LogP contribution < -0.4 is 5.32 Å². The van der Waals surface area contributed by atoms with Gasteiger partial charge in [-0.3, -0.25) is 4.99 Å². The molecule has 1 unspecified atom stereocenters. The number of amidine groups is 1. The average Bonchev–Trinajstić information content (AvgIpc) is 2.63. The molecule has 0 bridgehead atoms. The molecule has 0 radical (unpaired) electrons. The fourth-order valence-electron chi connectivity index (χ4n) is 2.17. The lowest BCUT2D eigenvalue weighted by Gasteiger charge is -2.27. The van der Waals surface area contributed by atoms with Crippen molar-refractivity contribution in [1.29, 1.82) is 0 Å². The summed E-state index contributed by atoms with van der Waals surface area (Å²) in [4.78, 5) is 7.03. The van der Waals surface area contributed by atoms with E-state index in [2.05, 4.69) is 36.1 Å². The summed E-state index contributed by atoms with van der Waals surface area (Å²) in [5.74, 6) is 1.99. The van der Waals surface area contributed by atoms with Crippen LogP contribution in [-0.2, 0) is 0 Å². The first-order valence-corrected chi connectivity index (χ1v) is 7.13. The van der Waals surface area contributed by atoms with E-state index >= 15 is 0 Å². The fraction of sp³-hybridized carbons (Fsp3) is 0.917. The maximum Gasteiger partial charge on any atom is 0.156 e. The number of hydrogen-bond acceptors (Lipinski definition) is 4. The van der Waals surface area contributed by atoms with Crippen molar-refractivity contribution in [2.75, 3.05) is 39.0 Å². The molecule has 92 valence electrons. The van der Waals surface area contributed by atoms with Crippen molar-refractivity contribution >= 4 is 16.9 Å². The molecule has 3 nitrogen and oxygen atoms in total. The third kappa shape index (κ3) is 3.39. The molecule has 0 amide bonds. The standard InChI is InChI=1S/C12H23N3S/c1-12(2)8-14-11(16-9-12)13-6-10-4-5-15(3)7-10/h10H,4-9H2,1-3H3,(H,13,14). The highest BCUT2D eigenvalue weighted by Crippen LogP contribution is 2.27. The Labute approximate surface area is 103 Å². The number of nitrogens with zero attached hydrogens (tertiary/aromatic N) is 2. The Morgan fingerprint density at radius 3 is 2.94 bits per heavy atom. The fourth-order valence-corrected chi connectivity index (χ4v) is 3.13. The van der Waals surface area contributed by atoms with Gasteiger partial charge in [0.2, 0.25) is 0 Å². The minimum absolute atomic E-state index is 0.378. The summed E-state index contributed by atoms with van der Waals surface area (Å²) in [5, 5.41) is 4.67. The first-order chi connectivity index (χ1) is 7.55. The molecule has 2 aliphatic heterocycles. The molecule has 16 heavy (non-hydrogen) atoms. The molecule has 0 aliphatic carbocycles. The highest BCUT2D eigenvalue weighted by molar-refractivity contribution is 8.13. The molecule has 0 saturated carbocycles. The maximum atomic E-state index is 4.62. The molecule has 1 N–H and O–H groups in total. The van der Waals surface area contributed by atoms with E-state index < -0.39 is 0 Å². The second kappa shape index (κ2) is 4.96. The summed E-state index contributed by atoms with van der Waals surface area (Å²) in [6.45, 7) is 9.11. The summed E-state index contributed by atoms with van der Waals surface area (Å²) >= 11 is 1.88. The second-order valence-corrected chi connectivity index (χ2v) is 6.84. The molecule has 0 aromatic rings. The molecular weight excluding hydrogens is 218 g/mol. The lowest BCUT2D eigenvalue weighted by atomic mass is 9.97. The smallest absolute Gasteiger partial charge is 0.156 e. The van der Waals surface area contributed by atoms with Crippen LogP contribution >= 0.6 is 11.8 Å². The van der Waals surface area contributed by atoms with Gasteiger partial charge in [-0.2, -0.15) is 0 Å². The predicted octanol–water partition coefficient (Wildman–Crippen LogP) is 1.66. The number of hydrogen-bond donors (Lipinski definition) is 1. The van der Waals surface area contributed by atoms with E-state index in [1.807, 2.05) is 11.8 Å². The van der Waals surface area contributed by atoms with E-state index in [0.29, 0.717) is 5.41 Å². The zero-order valence-corrected chi connectivity index (χ0v) is 11.4. The normalized spacial score (nSPS) is 30.2. The summed E-state index contributed by atoms with van der Waals surface area (Å²) in [6, 6.07) is 0. The van der Waals surface area contributed by atoms with Crippen LogP contribution in [0.4, 0.5) is 0 Å². The van der Waals surface area contributed by atoms with Gasteiger partial charge in [-0.15, -0.1) is 0 Å². The molecule has 2 rings (SSSR count). The van der Waals surface area contributed by atoms with Gasteiger partial charge in [0.15, 0.2) is 5.17 Å². The van der Waals surface area contributed by atoms with Gasteiger partial charge in [-0.05, 0) is 31.3 Å². The van der Waals surface area contributed by atoms with Crippen molar-refractivity contribution in [3.05, 3.63) is 0 Å². The van der Waals surface area contributed by atoms with Crippen LogP contribution in [0.1, 0.15) is 20.3 Å². The Hall–Kier alpha value is -0.220. The lowest BCUT2D eigenvalue weighted by molar-refractivity contribution is 0.394. The molecule has 1 fully saturated rings. The largest absolute Gasteiger partial charge is 0.365 e. The van der Waals surface area contributed by atoms with Crippen LogP contribution in [0.2, 0.25) is 0 Å². The van der Waals surface area contributed by atoms with Gasteiger partial charge in [-0.25, -0.2) is 0 Å². The van der Waals surface area contributed by atoms with Gasteiger partial charge in [0.25, 0.3) is 0 Å². The average molecular weight is 241 g/mol. The van der Waals surface area contributed by atoms with Crippen LogP contribution in [-0.4, -0.2) is 49.0 Å². The van der Waals surface area contributed by atoms with E-state index in [0.717, 1.165) is 24.2 Å². The van der Waals surface area contributed by atoms with Gasteiger partial charge < -0.3 is 10.2 Å². The Morgan fingerprint density at radius 2 is 2.38 bits per heavy atom. The topological polar surface area (TPSA) is 27.6 Å². The highest BCUT2D eigenvalue weighted by atomic mass is 32.2. The first-order valence-electron chi connectivity index (χ1n) is 6.15. The highest BCUT2D eigenvalue weighted by Gasteiger charge is 2.24. The van der Waals surface area contributed by atoms with Gasteiger partial charge in [0, 0.05) is 25.4 Å². The van der Waals surface area contributed by atoms with Crippen LogP contribution in [0, 0.1) is 11.3 Å². The van der Waals surface area contributed by atoms with Crippen LogP contribution in [0.5, 0.6) is 0 Å². The van der Waals surface area contributed by atoms with Crippen molar-refractivity contribution in [2.24, 2.45) is 16.3 Å². The van der Waals surface area contributed by atoms with Gasteiger partial charge in [-0.1, -0.05) is 25.6 Å². The first kappa shape index (κ1) is 12.2. The summed E-state index contributed by atoms with van der Waals surface area (Å²) in [5.41, 5.74) is 0.378. The molecule has 2 aliphatic rings. The molecule has 1 atom stereocenters. The number of likely N-dealkylation sites (tertiary alicyclic amines) is 1. The molecule has 2 heterocycles. The molecule has 0 spiro atoms. The SMILES string of the molecule is CN1CCC(CNC2=NCC(C)(C)CS2)C1. The third-order valence-corrected chi connectivity index (χ3v) is 4.75. The number of thioether (sulfide) groups is 1. The van der Waals surface area contributed by atoms with E-state index in [-0.39, 0.29) is 0 Å². The van der Waals surface area contributed by atoms with Crippen LogP contribution in [0.3, 0.4) is 0 Å². The van der Waals surface area contributed by atoms with E-state index in [4.69, 9.17) is 0 Å². The maximum absolute atomic E-state index is 4.62. The molecular formula is C12H23N3S. The molecule has 4 heteroatoms. The Kier molecular flexibility index (Phi) is 3.80. The Bertz CT molecular complexity index is 275. The van der Waals surface area contributed by atoms with Gasteiger partial charge >= 0.3 is 0 Å². The van der Waals surface area contributed by atoms with Gasteiger partial charge in [0.1, 0.15) is 0 Å². The van der Waals surface area contributed by atoms with Crippen LogP contribution in [0.25, 0.3) is 0 Å². The van der Waals surface area contributed by atoms with E-state index in [1.54, 1.807) is 0 Å². The quantitative estimate of drug-likeness (QED) is 0.797.